The molecule has 3 nitrogen and oxygen atoms in total. The predicted molar refractivity (Wildman–Crippen MR) is 54.7 cm³/mol. The monoisotopic (exact) mass is 186 g/mol. The Labute approximate surface area is 81.2 Å². The molecule has 1 atom stereocenters. The highest BCUT2D eigenvalue weighted by Crippen LogP contribution is 2.05. The standard InChI is InChI=1S/C10H22N2O/c1-9(2)8-13-6-5-12-4-3-10(11)7-12/h9-10H,3-8,11H2,1-2H3. The highest BCUT2D eigenvalue weighted by atomic mass is 16.5. The molecule has 0 amide bonds. The minimum Gasteiger partial charge on any atom is -0.380 e. The van der Waals surface area contributed by atoms with Gasteiger partial charge in [0, 0.05) is 25.7 Å². The van der Waals surface area contributed by atoms with Gasteiger partial charge in [0.05, 0.1) is 6.61 Å². The Morgan fingerprint density at radius 3 is 2.85 bits per heavy atom. The van der Waals surface area contributed by atoms with E-state index in [1.165, 1.54) is 0 Å². The summed E-state index contributed by atoms with van der Waals surface area (Å²) in [5.74, 6) is 0.640. The first-order chi connectivity index (χ1) is 6.18. The average molecular weight is 186 g/mol. The van der Waals surface area contributed by atoms with Gasteiger partial charge in [-0.05, 0) is 18.9 Å². The fraction of sp³-hybridized carbons (Fsp3) is 1.00. The maximum Gasteiger partial charge on any atom is 0.0593 e. The third-order valence-electron chi connectivity index (χ3n) is 2.31. The summed E-state index contributed by atoms with van der Waals surface area (Å²) in [6, 6.07) is 0.394. The van der Waals surface area contributed by atoms with Gasteiger partial charge in [-0.2, -0.15) is 0 Å². The summed E-state index contributed by atoms with van der Waals surface area (Å²) in [7, 11) is 0. The molecule has 1 saturated heterocycles. The third kappa shape index (κ3) is 4.60. The van der Waals surface area contributed by atoms with Crippen molar-refractivity contribution in [3.8, 4) is 0 Å². The Bertz CT molecular complexity index is 139. The van der Waals surface area contributed by atoms with Crippen LogP contribution in [0.15, 0.2) is 0 Å². The van der Waals surface area contributed by atoms with Gasteiger partial charge in [-0.3, -0.25) is 4.90 Å². The van der Waals surface area contributed by atoms with Crippen molar-refractivity contribution in [2.24, 2.45) is 11.7 Å². The van der Waals surface area contributed by atoms with E-state index in [4.69, 9.17) is 10.5 Å². The number of ether oxygens (including phenoxy) is 1. The molecule has 0 aromatic heterocycles. The summed E-state index contributed by atoms with van der Waals surface area (Å²) >= 11 is 0. The van der Waals surface area contributed by atoms with Crippen LogP contribution in [0.1, 0.15) is 20.3 Å². The number of likely N-dealkylation sites (tertiary alicyclic amines) is 1. The number of rotatable bonds is 5. The molecule has 78 valence electrons. The van der Waals surface area contributed by atoms with Crippen molar-refractivity contribution in [3.63, 3.8) is 0 Å². The van der Waals surface area contributed by atoms with Crippen molar-refractivity contribution < 1.29 is 4.74 Å². The zero-order valence-electron chi connectivity index (χ0n) is 8.83. The lowest BCUT2D eigenvalue weighted by atomic mass is 10.2. The molecule has 0 aromatic rings. The molecular weight excluding hydrogens is 164 g/mol. The van der Waals surface area contributed by atoms with Gasteiger partial charge in [0.2, 0.25) is 0 Å². The van der Waals surface area contributed by atoms with Crippen LogP contribution in [0.25, 0.3) is 0 Å². The molecule has 0 bridgehead atoms. The molecule has 0 spiro atoms. The molecule has 1 aliphatic rings. The zero-order valence-corrected chi connectivity index (χ0v) is 8.83. The van der Waals surface area contributed by atoms with Gasteiger partial charge in [0.15, 0.2) is 0 Å². The summed E-state index contributed by atoms with van der Waals surface area (Å²) in [5, 5.41) is 0. The Kier molecular flexibility index (Phi) is 4.70. The summed E-state index contributed by atoms with van der Waals surface area (Å²) in [6.07, 6.45) is 1.14. The third-order valence-corrected chi connectivity index (χ3v) is 2.31. The largest absolute Gasteiger partial charge is 0.380 e. The topological polar surface area (TPSA) is 38.5 Å². The van der Waals surface area contributed by atoms with Crippen LogP contribution >= 0.6 is 0 Å². The molecule has 1 unspecified atom stereocenters. The Balaban J connectivity index is 1.94. The molecule has 1 rings (SSSR count). The first-order valence-electron chi connectivity index (χ1n) is 5.24. The molecule has 0 saturated carbocycles. The van der Waals surface area contributed by atoms with Gasteiger partial charge in [0.1, 0.15) is 0 Å². The number of nitrogens with two attached hydrogens (primary N) is 1. The van der Waals surface area contributed by atoms with Gasteiger partial charge in [-0.1, -0.05) is 13.8 Å². The van der Waals surface area contributed by atoms with Crippen LogP contribution in [-0.2, 0) is 4.74 Å². The molecule has 13 heavy (non-hydrogen) atoms. The Hall–Kier alpha value is -0.120. The molecule has 2 N–H and O–H groups in total. The van der Waals surface area contributed by atoms with E-state index < -0.39 is 0 Å². The second-order valence-corrected chi connectivity index (χ2v) is 4.32. The smallest absolute Gasteiger partial charge is 0.0593 e. The van der Waals surface area contributed by atoms with Crippen molar-refractivity contribution in [2.75, 3.05) is 32.8 Å². The lowest BCUT2D eigenvalue weighted by molar-refractivity contribution is 0.0909. The van der Waals surface area contributed by atoms with E-state index in [2.05, 4.69) is 18.7 Å². The van der Waals surface area contributed by atoms with Crippen molar-refractivity contribution in [3.05, 3.63) is 0 Å². The highest BCUT2D eigenvalue weighted by molar-refractivity contribution is 4.77. The van der Waals surface area contributed by atoms with Gasteiger partial charge in [-0.25, -0.2) is 0 Å². The van der Waals surface area contributed by atoms with E-state index in [1.807, 2.05) is 0 Å². The summed E-state index contributed by atoms with van der Waals surface area (Å²) in [6.45, 7) is 9.31. The van der Waals surface area contributed by atoms with Crippen LogP contribution in [0, 0.1) is 5.92 Å². The van der Waals surface area contributed by atoms with Crippen LogP contribution in [0.5, 0.6) is 0 Å². The lowest BCUT2D eigenvalue weighted by Crippen LogP contribution is -2.29. The van der Waals surface area contributed by atoms with E-state index >= 15 is 0 Å². The highest BCUT2D eigenvalue weighted by Gasteiger charge is 2.17. The van der Waals surface area contributed by atoms with E-state index in [1.54, 1.807) is 0 Å². The first-order valence-corrected chi connectivity index (χ1v) is 5.24. The fourth-order valence-electron chi connectivity index (χ4n) is 1.58. The second kappa shape index (κ2) is 5.58. The van der Waals surface area contributed by atoms with Crippen LogP contribution in [0.3, 0.4) is 0 Å². The number of hydrogen-bond donors (Lipinski definition) is 1. The fourth-order valence-corrected chi connectivity index (χ4v) is 1.58. The van der Waals surface area contributed by atoms with Crippen molar-refractivity contribution in [1.82, 2.24) is 4.90 Å². The zero-order chi connectivity index (χ0) is 9.68. The molecule has 0 aliphatic carbocycles. The molecule has 1 heterocycles. The second-order valence-electron chi connectivity index (χ2n) is 4.32. The lowest BCUT2D eigenvalue weighted by Gasteiger charge is -2.15. The van der Waals surface area contributed by atoms with Crippen molar-refractivity contribution in [2.45, 2.75) is 26.3 Å². The van der Waals surface area contributed by atoms with Crippen LogP contribution in [0.4, 0.5) is 0 Å². The molecule has 3 heteroatoms. The van der Waals surface area contributed by atoms with E-state index in [9.17, 15) is 0 Å². The SMILES string of the molecule is CC(C)COCCN1CCC(N)C1. The Morgan fingerprint density at radius 1 is 1.54 bits per heavy atom. The maximum absolute atomic E-state index is 5.80. The van der Waals surface area contributed by atoms with Crippen LogP contribution < -0.4 is 5.73 Å². The quantitative estimate of drug-likeness (QED) is 0.642. The predicted octanol–water partition coefficient (Wildman–Crippen LogP) is 0.692. The minimum atomic E-state index is 0.394. The molecular formula is C10H22N2O. The average Bonchev–Trinajstić information content (AvgIpc) is 2.45. The normalized spacial score (nSPS) is 24.5. The van der Waals surface area contributed by atoms with Gasteiger partial charge in [0.25, 0.3) is 0 Å². The van der Waals surface area contributed by atoms with E-state index in [-0.39, 0.29) is 0 Å². The van der Waals surface area contributed by atoms with Gasteiger partial charge >= 0.3 is 0 Å². The minimum absolute atomic E-state index is 0.394. The summed E-state index contributed by atoms with van der Waals surface area (Å²) in [4.78, 5) is 2.38. The van der Waals surface area contributed by atoms with Crippen molar-refractivity contribution >= 4 is 0 Å². The summed E-state index contributed by atoms with van der Waals surface area (Å²) in [5.41, 5.74) is 5.80. The van der Waals surface area contributed by atoms with Gasteiger partial charge < -0.3 is 10.5 Å². The number of hydrogen-bond acceptors (Lipinski definition) is 3. The summed E-state index contributed by atoms with van der Waals surface area (Å²) < 4.78 is 5.51. The first kappa shape index (κ1) is 11.0. The molecule has 0 aromatic carbocycles. The Morgan fingerprint density at radius 2 is 2.31 bits per heavy atom. The molecule has 1 aliphatic heterocycles. The molecule has 1 fully saturated rings. The van der Waals surface area contributed by atoms with Gasteiger partial charge in [-0.15, -0.1) is 0 Å². The van der Waals surface area contributed by atoms with E-state index in [0.29, 0.717) is 12.0 Å². The van der Waals surface area contributed by atoms with E-state index in [0.717, 1.165) is 39.3 Å². The van der Waals surface area contributed by atoms with Crippen LogP contribution in [0.2, 0.25) is 0 Å². The maximum atomic E-state index is 5.80. The number of nitrogens with zero attached hydrogens (tertiary/aromatic N) is 1. The molecule has 0 radical (unpaired) electrons. The van der Waals surface area contributed by atoms with Crippen LogP contribution in [-0.4, -0.2) is 43.8 Å². The van der Waals surface area contributed by atoms with Crippen molar-refractivity contribution in [1.29, 1.82) is 0 Å².